The summed E-state index contributed by atoms with van der Waals surface area (Å²) in [6.07, 6.45) is 0.0690. The van der Waals surface area contributed by atoms with E-state index in [1.807, 2.05) is 18.2 Å². The number of benzene rings is 2. The quantitative estimate of drug-likeness (QED) is 0.771. The third-order valence-electron chi connectivity index (χ3n) is 3.49. The van der Waals surface area contributed by atoms with E-state index in [0.717, 1.165) is 0 Å². The molecule has 0 aromatic heterocycles. The molecule has 2 rings (SSSR count). The van der Waals surface area contributed by atoms with Crippen molar-refractivity contribution in [2.45, 2.75) is 12.3 Å². The third kappa shape index (κ3) is 3.52. The standard InChI is InChI=1S/C18H13ClN2O/c19-17-9-5-4-8-15(17)16(14(11-20)12-21)10-18(22)13-6-2-1-3-7-13/h1-9,14,16H,10H2/t16-/m1/s1. The van der Waals surface area contributed by atoms with Crippen LogP contribution < -0.4 is 0 Å². The molecule has 0 amide bonds. The van der Waals surface area contributed by atoms with E-state index in [2.05, 4.69) is 0 Å². The van der Waals surface area contributed by atoms with Crippen molar-refractivity contribution < 1.29 is 4.79 Å². The Morgan fingerprint density at radius 1 is 1.00 bits per heavy atom. The normalized spacial score (nSPS) is 11.5. The lowest BCUT2D eigenvalue weighted by Crippen LogP contribution is -2.15. The largest absolute Gasteiger partial charge is 0.294 e. The van der Waals surface area contributed by atoms with Gasteiger partial charge >= 0.3 is 0 Å². The van der Waals surface area contributed by atoms with E-state index >= 15 is 0 Å². The molecular weight excluding hydrogens is 296 g/mol. The second-order valence-corrected chi connectivity index (χ2v) is 5.26. The van der Waals surface area contributed by atoms with Crippen molar-refractivity contribution in [2.75, 3.05) is 0 Å². The molecule has 108 valence electrons. The van der Waals surface area contributed by atoms with Gasteiger partial charge in [0.05, 0.1) is 12.1 Å². The molecule has 0 bridgehead atoms. The number of halogens is 1. The Labute approximate surface area is 134 Å². The van der Waals surface area contributed by atoms with Crippen LogP contribution in [0.15, 0.2) is 54.6 Å². The number of nitriles is 2. The summed E-state index contributed by atoms with van der Waals surface area (Å²) in [6, 6.07) is 19.8. The monoisotopic (exact) mass is 308 g/mol. The smallest absolute Gasteiger partial charge is 0.163 e. The Morgan fingerprint density at radius 3 is 2.18 bits per heavy atom. The first-order valence-electron chi connectivity index (χ1n) is 6.79. The second kappa shape index (κ2) is 7.41. The van der Waals surface area contributed by atoms with Gasteiger partial charge in [-0.2, -0.15) is 10.5 Å². The van der Waals surface area contributed by atoms with Crippen LogP contribution >= 0.6 is 11.6 Å². The van der Waals surface area contributed by atoms with Gasteiger partial charge in [0.2, 0.25) is 0 Å². The molecule has 0 N–H and O–H groups in total. The van der Waals surface area contributed by atoms with Gasteiger partial charge in [0, 0.05) is 22.9 Å². The van der Waals surface area contributed by atoms with Crippen molar-refractivity contribution >= 4 is 17.4 Å². The maximum atomic E-state index is 12.4. The summed E-state index contributed by atoms with van der Waals surface area (Å²) < 4.78 is 0. The zero-order valence-corrected chi connectivity index (χ0v) is 12.5. The van der Waals surface area contributed by atoms with Crippen LogP contribution in [-0.4, -0.2) is 5.78 Å². The molecule has 3 nitrogen and oxygen atoms in total. The van der Waals surface area contributed by atoms with Crippen LogP contribution in [0, 0.1) is 28.6 Å². The number of rotatable bonds is 5. The molecule has 0 saturated heterocycles. The Bertz CT molecular complexity index is 730. The summed E-state index contributed by atoms with van der Waals surface area (Å²) in [5.74, 6) is -1.58. The molecule has 2 aromatic carbocycles. The Balaban J connectivity index is 2.35. The SMILES string of the molecule is N#CC(C#N)[C@@H](CC(=O)c1ccccc1)c1ccccc1Cl. The Kier molecular flexibility index (Phi) is 5.31. The summed E-state index contributed by atoms with van der Waals surface area (Å²) in [6.45, 7) is 0. The lowest BCUT2D eigenvalue weighted by Gasteiger charge is -2.18. The highest BCUT2D eigenvalue weighted by molar-refractivity contribution is 6.31. The Morgan fingerprint density at radius 2 is 1.59 bits per heavy atom. The maximum absolute atomic E-state index is 12.4. The van der Waals surface area contributed by atoms with E-state index in [-0.39, 0.29) is 12.2 Å². The van der Waals surface area contributed by atoms with E-state index in [0.29, 0.717) is 16.1 Å². The summed E-state index contributed by atoms with van der Waals surface area (Å²) in [5, 5.41) is 18.9. The average molecular weight is 309 g/mol. The first kappa shape index (κ1) is 15.8. The number of ketones is 1. The molecule has 0 aliphatic carbocycles. The van der Waals surface area contributed by atoms with Gasteiger partial charge in [0.1, 0.15) is 5.92 Å². The molecule has 2 aromatic rings. The highest BCUT2D eigenvalue weighted by atomic mass is 35.5. The number of hydrogen-bond donors (Lipinski definition) is 0. The fourth-order valence-electron chi connectivity index (χ4n) is 2.33. The highest BCUT2D eigenvalue weighted by Crippen LogP contribution is 2.33. The zero-order valence-electron chi connectivity index (χ0n) is 11.7. The number of carbonyl (C=O) groups is 1. The summed E-state index contributed by atoms with van der Waals surface area (Å²) >= 11 is 6.18. The summed E-state index contributed by atoms with van der Waals surface area (Å²) in [4.78, 5) is 12.4. The predicted molar refractivity (Wildman–Crippen MR) is 84.3 cm³/mol. The topological polar surface area (TPSA) is 64.7 Å². The number of nitrogens with zero attached hydrogens (tertiary/aromatic N) is 2. The highest BCUT2D eigenvalue weighted by Gasteiger charge is 2.27. The minimum absolute atomic E-state index is 0.0690. The van der Waals surface area contributed by atoms with Gasteiger partial charge in [-0.25, -0.2) is 0 Å². The molecule has 1 atom stereocenters. The van der Waals surface area contributed by atoms with Gasteiger partial charge in [-0.3, -0.25) is 4.79 Å². The van der Waals surface area contributed by atoms with Gasteiger partial charge in [0.15, 0.2) is 5.78 Å². The van der Waals surface area contributed by atoms with E-state index in [4.69, 9.17) is 11.6 Å². The first-order chi connectivity index (χ1) is 10.7. The van der Waals surface area contributed by atoms with Gasteiger partial charge in [0.25, 0.3) is 0 Å². The molecule has 0 fully saturated rings. The van der Waals surface area contributed by atoms with Crippen LogP contribution in [0.25, 0.3) is 0 Å². The number of hydrogen-bond acceptors (Lipinski definition) is 3. The van der Waals surface area contributed by atoms with Gasteiger partial charge in [-0.1, -0.05) is 60.1 Å². The second-order valence-electron chi connectivity index (χ2n) is 4.86. The molecule has 0 heterocycles. The molecule has 0 radical (unpaired) electrons. The minimum Gasteiger partial charge on any atom is -0.294 e. The van der Waals surface area contributed by atoms with E-state index in [1.165, 1.54) is 0 Å². The molecule has 4 heteroatoms. The third-order valence-corrected chi connectivity index (χ3v) is 3.83. The fourth-order valence-corrected chi connectivity index (χ4v) is 2.61. The van der Waals surface area contributed by atoms with Crippen LogP contribution in [0.3, 0.4) is 0 Å². The maximum Gasteiger partial charge on any atom is 0.163 e. The van der Waals surface area contributed by atoms with Crippen molar-refractivity contribution in [1.82, 2.24) is 0 Å². The van der Waals surface area contributed by atoms with Crippen LogP contribution in [0.5, 0.6) is 0 Å². The summed E-state index contributed by atoms with van der Waals surface area (Å²) in [7, 11) is 0. The van der Waals surface area contributed by atoms with Crippen LogP contribution in [0.1, 0.15) is 28.3 Å². The van der Waals surface area contributed by atoms with E-state index in [9.17, 15) is 15.3 Å². The number of carbonyl (C=O) groups excluding carboxylic acids is 1. The van der Waals surface area contributed by atoms with Crippen molar-refractivity contribution in [1.29, 1.82) is 10.5 Å². The average Bonchev–Trinajstić information content (AvgIpc) is 2.56. The van der Waals surface area contributed by atoms with Gasteiger partial charge in [-0.15, -0.1) is 0 Å². The van der Waals surface area contributed by atoms with Gasteiger partial charge < -0.3 is 0 Å². The number of Topliss-reactive ketones (excluding diaryl/α,β-unsaturated/α-hetero) is 1. The van der Waals surface area contributed by atoms with Crippen molar-refractivity contribution in [3.63, 3.8) is 0 Å². The minimum atomic E-state index is -0.924. The molecular formula is C18H13ClN2O. The van der Waals surface area contributed by atoms with Crippen LogP contribution in [-0.2, 0) is 0 Å². The Hall–Kier alpha value is -2.62. The fraction of sp³-hybridized carbons (Fsp3) is 0.167. The van der Waals surface area contributed by atoms with Crippen molar-refractivity contribution in [3.05, 3.63) is 70.7 Å². The molecule has 0 aliphatic rings. The van der Waals surface area contributed by atoms with Gasteiger partial charge in [-0.05, 0) is 11.6 Å². The zero-order chi connectivity index (χ0) is 15.9. The molecule has 0 saturated carbocycles. The lowest BCUT2D eigenvalue weighted by atomic mass is 9.83. The van der Waals surface area contributed by atoms with Crippen LogP contribution in [0.4, 0.5) is 0 Å². The molecule has 0 aliphatic heterocycles. The first-order valence-corrected chi connectivity index (χ1v) is 7.17. The molecule has 22 heavy (non-hydrogen) atoms. The van der Waals surface area contributed by atoms with E-state index in [1.54, 1.807) is 48.5 Å². The molecule has 0 unspecified atom stereocenters. The lowest BCUT2D eigenvalue weighted by molar-refractivity contribution is 0.0971. The van der Waals surface area contributed by atoms with E-state index < -0.39 is 11.8 Å². The molecule has 0 spiro atoms. The predicted octanol–water partition coefficient (Wildman–Crippen LogP) is 4.36. The van der Waals surface area contributed by atoms with Crippen molar-refractivity contribution in [2.24, 2.45) is 5.92 Å². The summed E-state index contributed by atoms with van der Waals surface area (Å²) in [5.41, 5.74) is 1.22. The van der Waals surface area contributed by atoms with Crippen molar-refractivity contribution in [3.8, 4) is 12.1 Å². The van der Waals surface area contributed by atoms with Crippen LogP contribution in [0.2, 0.25) is 5.02 Å².